The number of rotatable bonds is 5. The van der Waals surface area contributed by atoms with Gasteiger partial charge >= 0.3 is 0 Å². The number of piperidine rings is 1. The third-order valence-corrected chi connectivity index (χ3v) is 5.95. The first-order chi connectivity index (χ1) is 13.7. The predicted molar refractivity (Wildman–Crippen MR) is 111 cm³/mol. The van der Waals surface area contributed by atoms with Crippen LogP contribution < -0.4 is 10.1 Å². The molecule has 146 valence electrons. The van der Waals surface area contributed by atoms with Gasteiger partial charge in [0.2, 0.25) is 5.95 Å². The molecule has 3 aromatic rings. The fourth-order valence-corrected chi connectivity index (χ4v) is 4.33. The van der Waals surface area contributed by atoms with Crippen LogP contribution in [0, 0.1) is 0 Å². The number of likely N-dealkylation sites (N-methyl/N-ethyl adjacent to an activating group) is 1. The Morgan fingerprint density at radius 2 is 2.04 bits per heavy atom. The average molecular weight is 377 g/mol. The highest BCUT2D eigenvalue weighted by Crippen LogP contribution is 2.46. The van der Waals surface area contributed by atoms with Crippen LogP contribution >= 0.6 is 0 Å². The molecule has 1 aliphatic heterocycles. The van der Waals surface area contributed by atoms with Crippen LogP contribution in [0.4, 0.5) is 5.95 Å². The minimum atomic E-state index is 0.410. The molecule has 1 saturated carbocycles. The van der Waals surface area contributed by atoms with Gasteiger partial charge in [0.1, 0.15) is 11.4 Å². The molecule has 1 aliphatic carbocycles. The molecular weight excluding hydrogens is 350 g/mol. The molecule has 5 rings (SSSR count). The van der Waals surface area contributed by atoms with Gasteiger partial charge in [0, 0.05) is 24.3 Å². The number of hydrogen-bond acceptors (Lipinski definition) is 5. The summed E-state index contributed by atoms with van der Waals surface area (Å²) in [6.07, 6.45) is 6.92. The molecule has 0 bridgehead atoms. The molecule has 0 spiro atoms. The van der Waals surface area contributed by atoms with Crippen LogP contribution in [-0.4, -0.2) is 52.8 Å². The highest BCUT2D eigenvalue weighted by atomic mass is 16.5. The maximum atomic E-state index is 5.45. The van der Waals surface area contributed by atoms with E-state index in [2.05, 4.69) is 62.3 Å². The minimum absolute atomic E-state index is 0.410. The smallest absolute Gasteiger partial charge is 0.228 e. The second-order valence-corrected chi connectivity index (χ2v) is 8.11. The zero-order valence-electron chi connectivity index (χ0n) is 16.6. The normalized spacial score (nSPS) is 20.4. The second-order valence-electron chi connectivity index (χ2n) is 8.11. The monoisotopic (exact) mass is 377 g/mol. The van der Waals surface area contributed by atoms with Crippen LogP contribution in [0.25, 0.3) is 16.8 Å². The van der Waals surface area contributed by atoms with Crippen molar-refractivity contribution in [3.8, 4) is 17.0 Å². The number of nitrogens with zero attached hydrogens (tertiary/aromatic N) is 4. The summed E-state index contributed by atoms with van der Waals surface area (Å²) in [6, 6.07) is 10.9. The summed E-state index contributed by atoms with van der Waals surface area (Å²) in [5.74, 6) is 2.34. The van der Waals surface area contributed by atoms with Gasteiger partial charge in [0.05, 0.1) is 12.6 Å². The van der Waals surface area contributed by atoms with Crippen LogP contribution in [0.5, 0.6) is 5.75 Å². The van der Waals surface area contributed by atoms with E-state index in [1.54, 1.807) is 7.11 Å². The van der Waals surface area contributed by atoms with Gasteiger partial charge in [-0.1, -0.05) is 0 Å². The van der Waals surface area contributed by atoms with Crippen molar-refractivity contribution in [1.29, 1.82) is 0 Å². The molecule has 6 heteroatoms. The first kappa shape index (κ1) is 17.5. The van der Waals surface area contributed by atoms with Gasteiger partial charge in [-0.2, -0.15) is 0 Å². The molecule has 1 aromatic carbocycles. The van der Waals surface area contributed by atoms with Gasteiger partial charge in [-0.3, -0.25) is 4.40 Å². The molecule has 0 amide bonds. The minimum Gasteiger partial charge on any atom is -0.497 e. The molecule has 2 aromatic heterocycles. The largest absolute Gasteiger partial charge is 0.497 e. The topological polar surface area (TPSA) is 54.7 Å². The number of benzene rings is 1. The van der Waals surface area contributed by atoms with E-state index in [-0.39, 0.29) is 0 Å². The highest BCUT2D eigenvalue weighted by molar-refractivity contribution is 5.80. The van der Waals surface area contributed by atoms with Gasteiger partial charge < -0.3 is 15.0 Å². The number of ether oxygens (including phenoxy) is 1. The van der Waals surface area contributed by atoms with Crippen LogP contribution in [0.15, 0.2) is 36.5 Å². The lowest BCUT2D eigenvalue weighted by Gasteiger charge is -2.30. The zero-order valence-corrected chi connectivity index (χ0v) is 16.6. The third kappa shape index (κ3) is 3.22. The molecule has 2 aliphatic rings. The lowest BCUT2D eigenvalue weighted by molar-refractivity contribution is 0.260. The Morgan fingerprint density at radius 1 is 1.14 bits per heavy atom. The summed E-state index contributed by atoms with van der Waals surface area (Å²) in [5.41, 5.74) is 4.53. The van der Waals surface area contributed by atoms with E-state index < -0.39 is 0 Å². The maximum Gasteiger partial charge on any atom is 0.228 e. The number of likely N-dealkylation sites (tertiary alicyclic amines) is 1. The van der Waals surface area contributed by atoms with Crippen molar-refractivity contribution < 1.29 is 4.74 Å². The van der Waals surface area contributed by atoms with Gasteiger partial charge in [-0.15, -0.1) is 10.2 Å². The predicted octanol–water partition coefficient (Wildman–Crippen LogP) is 3.79. The maximum absolute atomic E-state index is 5.45. The van der Waals surface area contributed by atoms with E-state index >= 15 is 0 Å². The van der Waals surface area contributed by atoms with E-state index in [1.807, 2.05) is 6.07 Å². The zero-order chi connectivity index (χ0) is 19.1. The molecule has 0 radical (unpaired) electrons. The number of nitrogens with one attached hydrogen (secondary N) is 1. The summed E-state index contributed by atoms with van der Waals surface area (Å²) in [5, 5.41) is 12.9. The second kappa shape index (κ2) is 7.09. The van der Waals surface area contributed by atoms with Crippen molar-refractivity contribution >= 4 is 11.5 Å². The van der Waals surface area contributed by atoms with Crippen LogP contribution in [0.3, 0.4) is 0 Å². The molecule has 1 N–H and O–H groups in total. The van der Waals surface area contributed by atoms with Gasteiger partial charge in [0.15, 0.2) is 0 Å². The Kier molecular flexibility index (Phi) is 4.43. The van der Waals surface area contributed by atoms with Crippen LogP contribution in [0.2, 0.25) is 0 Å². The standard InChI is InChI=1S/C22H27N5O/c1-26-11-3-5-16(14-26)23-22-25-24-21(20-6-4-12-27(20)22)18-10-9-17(28-2)13-19(18)15-7-8-15/h4,6,9-10,12-13,15-16H,3,5,7-8,11,14H2,1-2H3,(H,23,25). The first-order valence-electron chi connectivity index (χ1n) is 10.2. The summed E-state index contributed by atoms with van der Waals surface area (Å²) in [6.45, 7) is 2.21. The molecule has 1 atom stereocenters. The summed E-state index contributed by atoms with van der Waals surface area (Å²) < 4.78 is 7.59. The number of methoxy groups -OCH3 is 1. The SMILES string of the molecule is COc1ccc(-c2nnc(NC3CCCN(C)C3)n3cccc23)c(C2CC2)c1. The number of fused-ring (bicyclic) bond motifs is 1. The fourth-order valence-electron chi connectivity index (χ4n) is 4.33. The van der Waals surface area contributed by atoms with Crippen molar-refractivity contribution in [1.82, 2.24) is 19.5 Å². The summed E-state index contributed by atoms with van der Waals surface area (Å²) in [4.78, 5) is 2.37. The molecule has 3 heterocycles. The molecule has 6 nitrogen and oxygen atoms in total. The Morgan fingerprint density at radius 3 is 2.82 bits per heavy atom. The van der Waals surface area contributed by atoms with E-state index in [1.165, 1.54) is 43.4 Å². The molecule has 28 heavy (non-hydrogen) atoms. The molecule has 2 fully saturated rings. The van der Waals surface area contributed by atoms with Gasteiger partial charge in [-0.05, 0) is 81.1 Å². The van der Waals surface area contributed by atoms with Crippen molar-refractivity contribution in [3.05, 3.63) is 42.1 Å². The summed E-state index contributed by atoms with van der Waals surface area (Å²) >= 11 is 0. The van der Waals surface area contributed by atoms with Crippen LogP contribution in [-0.2, 0) is 0 Å². The average Bonchev–Trinajstić information content (AvgIpc) is 3.44. The Balaban J connectivity index is 1.53. The van der Waals surface area contributed by atoms with Crippen LogP contribution in [0.1, 0.15) is 37.2 Å². The number of anilines is 1. The van der Waals surface area contributed by atoms with Crippen molar-refractivity contribution in [2.75, 3.05) is 32.6 Å². The Hall–Kier alpha value is -2.60. The fraction of sp³-hybridized carbons (Fsp3) is 0.455. The van der Waals surface area contributed by atoms with E-state index in [4.69, 9.17) is 4.74 Å². The van der Waals surface area contributed by atoms with Crippen molar-refractivity contribution in [2.45, 2.75) is 37.6 Å². The molecule has 1 unspecified atom stereocenters. The van der Waals surface area contributed by atoms with E-state index in [0.29, 0.717) is 12.0 Å². The first-order valence-corrected chi connectivity index (χ1v) is 10.2. The highest BCUT2D eigenvalue weighted by Gasteiger charge is 2.28. The number of hydrogen-bond donors (Lipinski definition) is 1. The lowest BCUT2D eigenvalue weighted by Crippen LogP contribution is -2.40. The molecule has 1 saturated heterocycles. The van der Waals surface area contributed by atoms with E-state index in [0.717, 1.165) is 29.5 Å². The molecular formula is C22H27N5O. The summed E-state index contributed by atoms with van der Waals surface area (Å²) in [7, 11) is 3.90. The van der Waals surface area contributed by atoms with Gasteiger partial charge in [-0.25, -0.2) is 0 Å². The lowest BCUT2D eigenvalue weighted by atomic mass is 9.99. The van der Waals surface area contributed by atoms with Gasteiger partial charge in [0.25, 0.3) is 0 Å². The third-order valence-electron chi connectivity index (χ3n) is 5.95. The van der Waals surface area contributed by atoms with Crippen molar-refractivity contribution in [3.63, 3.8) is 0 Å². The van der Waals surface area contributed by atoms with E-state index in [9.17, 15) is 0 Å². The quantitative estimate of drug-likeness (QED) is 0.733. The Bertz CT molecular complexity index is 994. The number of aromatic nitrogens is 3. The Labute approximate surface area is 165 Å². The van der Waals surface area contributed by atoms with Crippen molar-refractivity contribution in [2.24, 2.45) is 0 Å².